The molecule has 0 spiro atoms. The molecule has 2 heterocycles. The first-order chi connectivity index (χ1) is 9.24. The Morgan fingerprint density at radius 2 is 2.11 bits per heavy atom. The zero-order valence-electron chi connectivity index (χ0n) is 11.1. The Morgan fingerprint density at radius 1 is 1.37 bits per heavy atom. The third-order valence-electron chi connectivity index (χ3n) is 4.05. The summed E-state index contributed by atoms with van der Waals surface area (Å²) in [4.78, 5) is 20.3. The van der Waals surface area contributed by atoms with Crippen molar-refractivity contribution in [1.82, 2.24) is 15.3 Å². The summed E-state index contributed by atoms with van der Waals surface area (Å²) >= 11 is 0. The quantitative estimate of drug-likeness (QED) is 0.728. The van der Waals surface area contributed by atoms with Gasteiger partial charge in [0.2, 0.25) is 0 Å². The molecule has 0 radical (unpaired) electrons. The first-order valence-corrected chi connectivity index (χ1v) is 7.05. The lowest BCUT2D eigenvalue weighted by atomic mass is 10.0. The van der Waals surface area contributed by atoms with Gasteiger partial charge in [-0.15, -0.1) is 0 Å². The highest BCUT2D eigenvalue weighted by molar-refractivity contribution is 5.60. The monoisotopic (exact) mass is 263 g/mol. The van der Waals surface area contributed by atoms with E-state index in [1.807, 2.05) is 0 Å². The van der Waals surface area contributed by atoms with Crippen LogP contribution in [0.25, 0.3) is 0 Å². The lowest BCUT2D eigenvalue weighted by Gasteiger charge is -2.33. The fourth-order valence-electron chi connectivity index (χ4n) is 2.60. The Hall–Kier alpha value is -1.56. The van der Waals surface area contributed by atoms with Crippen LogP contribution in [0.2, 0.25) is 0 Å². The number of hydrogen-bond donors (Lipinski definition) is 3. The molecule has 19 heavy (non-hydrogen) atoms. The van der Waals surface area contributed by atoms with E-state index in [4.69, 9.17) is 5.73 Å². The Morgan fingerprint density at radius 3 is 2.79 bits per heavy atom. The van der Waals surface area contributed by atoms with Crippen LogP contribution in [0.5, 0.6) is 0 Å². The average molecular weight is 263 g/mol. The summed E-state index contributed by atoms with van der Waals surface area (Å²) in [5.74, 6) is 1.55. The number of nitrogens with zero attached hydrogens (tertiary/aromatic N) is 2. The molecule has 6 heteroatoms. The van der Waals surface area contributed by atoms with Crippen molar-refractivity contribution in [3.05, 3.63) is 16.7 Å². The van der Waals surface area contributed by atoms with Crippen LogP contribution in [-0.4, -0.2) is 35.6 Å². The van der Waals surface area contributed by atoms with E-state index in [1.54, 1.807) is 0 Å². The molecule has 104 valence electrons. The predicted octanol–water partition coefficient (Wildman–Crippen LogP) is 0.320. The van der Waals surface area contributed by atoms with Gasteiger partial charge in [-0.05, 0) is 38.1 Å². The average Bonchev–Trinajstić information content (AvgIpc) is 3.25. The van der Waals surface area contributed by atoms with Gasteiger partial charge in [-0.3, -0.25) is 4.79 Å². The van der Waals surface area contributed by atoms with E-state index in [0.29, 0.717) is 11.9 Å². The maximum atomic E-state index is 11.5. The van der Waals surface area contributed by atoms with Crippen LogP contribution in [-0.2, 0) is 0 Å². The summed E-state index contributed by atoms with van der Waals surface area (Å²) in [6, 6.07) is 0.597. The highest BCUT2D eigenvalue weighted by Gasteiger charge is 2.25. The van der Waals surface area contributed by atoms with E-state index in [0.717, 1.165) is 38.4 Å². The number of nitrogens with one attached hydrogen (secondary N) is 2. The predicted molar refractivity (Wildman–Crippen MR) is 75.2 cm³/mol. The van der Waals surface area contributed by atoms with Gasteiger partial charge in [0.05, 0.1) is 6.33 Å². The zero-order chi connectivity index (χ0) is 13.2. The summed E-state index contributed by atoms with van der Waals surface area (Å²) in [7, 11) is 0. The van der Waals surface area contributed by atoms with Crippen molar-refractivity contribution in [2.24, 2.45) is 5.92 Å². The van der Waals surface area contributed by atoms with E-state index < -0.39 is 0 Å². The molecule has 3 rings (SSSR count). The molecule has 0 unspecified atom stereocenters. The van der Waals surface area contributed by atoms with Crippen molar-refractivity contribution in [2.45, 2.75) is 31.7 Å². The number of hydrogen-bond acceptors (Lipinski definition) is 5. The maximum Gasteiger partial charge on any atom is 0.276 e. The molecule has 2 aliphatic rings. The Kier molecular flexibility index (Phi) is 3.42. The molecule has 1 aliphatic carbocycles. The van der Waals surface area contributed by atoms with Gasteiger partial charge in [-0.2, -0.15) is 0 Å². The second kappa shape index (κ2) is 5.21. The SMILES string of the molecule is Nc1c(N2CCC(NCC3CC3)CC2)nc[nH]c1=O. The number of aromatic amines is 1. The number of nitrogens with two attached hydrogens (primary N) is 1. The smallest absolute Gasteiger partial charge is 0.276 e. The van der Waals surface area contributed by atoms with E-state index in [9.17, 15) is 4.79 Å². The van der Waals surface area contributed by atoms with Crippen LogP contribution >= 0.6 is 0 Å². The van der Waals surface area contributed by atoms with Gasteiger partial charge in [-0.25, -0.2) is 4.98 Å². The van der Waals surface area contributed by atoms with Crippen LogP contribution < -0.4 is 21.5 Å². The molecular formula is C13H21N5O. The van der Waals surface area contributed by atoms with Crippen molar-refractivity contribution in [3.63, 3.8) is 0 Å². The van der Waals surface area contributed by atoms with Gasteiger partial charge < -0.3 is 20.9 Å². The third kappa shape index (κ3) is 2.89. The van der Waals surface area contributed by atoms with Gasteiger partial charge in [0, 0.05) is 19.1 Å². The van der Waals surface area contributed by atoms with Crippen molar-refractivity contribution in [3.8, 4) is 0 Å². The fraction of sp³-hybridized carbons (Fsp3) is 0.692. The third-order valence-corrected chi connectivity index (χ3v) is 4.05. The molecule has 0 bridgehead atoms. The van der Waals surface area contributed by atoms with Gasteiger partial charge in [0.15, 0.2) is 5.82 Å². The standard InChI is InChI=1S/C13H21N5O/c14-11-12(16-8-17-13(11)19)18-5-3-10(4-6-18)15-7-9-1-2-9/h8-10,15H,1-7,14H2,(H,16,17,19). The molecule has 6 nitrogen and oxygen atoms in total. The molecule has 0 aromatic carbocycles. The van der Waals surface area contributed by atoms with Crippen LogP contribution in [0.15, 0.2) is 11.1 Å². The second-order valence-corrected chi connectivity index (χ2v) is 5.58. The number of anilines is 2. The molecule has 1 saturated heterocycles. The summed E-state index contributed by atoms with van der Waals surface area (Å²) < 4.78 is 0. The van der Waals surface area contributed by atoms with Gasteiger partial charge in [0.25, 0.3) is 5.56 Å². The highest BCUT2D eigenvalue weighted by Crippen LogP contribution is 2.28. The molecule has 0 atom stereocenters. The zero-order valence-corrected chi connectivity index (χ0v) is 11.1. The van der Waals surface area contributed by atoms with E-state index >= 15 is 0 Å². The Labute approximate surface area is 112 Å². The largest absolute Gasteiger partial charge is 0.391 e. The normalized spacial score (nSPS) is 20.7. The van der Waals surface area contributed by atoms with E-state index in [-0.39, 0.29) is 11.2 Å². The van der Waals surface area contributed by atoms with Crippen LogP contribution in [0, 0.1) is 5.92 Å². The molecule has 0 amide bonds. The Bertz CT molecular complexity index is 488. The minimum atomic E-state index is -0.251. The molecule has 1 aromatic heterocycles. The minimum absolute atomic E-state index is 0.229. The number of piperidine rings is 1. The summed E-state index contributed by atoms with van der Waals surface area (Å²) in [6.45, 7) is 2.97. The maximum absolute atomic E-state index is 11.5. The number of rotatable bonds is 4. The first kappa shape index (κ1) is 12.5. The molecule has 1 aromatic rings. The summed E-state index contributed by atoms with van der Waals surface area (Å²) in [6.07, 6.45) is 6.37. The van der Waals surface area contributed by atoms with Crippen molar-refractivity contribution >= 4 is 11.5 Å². The molecular weight excluding hydrogens is 242 g/mol. The number of nitrogen functional groups attached to an aromatic ring is 1. The second-order valence-electron chi connectivity index (χ2n) is 5.58. The lowest BCUT2D eigenvalue weighted by molar-refractivity contribution is 0.407. The van der Waals surface area contributed by atoms with Crippen molar-refractivity contribution in [1.29, 1.82) is 0 Å². The molecule has 2 fully saturated rings. The van der Waals surface area contributed by atoms with Crippen LogP contribution in [0.1, 0.15) is 25.7 Å². The molecule has 4 N–H and O–H groups in total. The minimum Gasteiger partial charge on any atom is -0.391 e. The summed E-state index contributed by atoms with van der Waals surface area (Å²) in [5, 5.41) is 3.64. The first-order valence-electron chi connectivity index (χ1n) is 7.05. The fourth-order valence-corrected chi connectivity index (χ4v) is 2.60. The molecule has 1 saturated carbocycles. The topological polar surface area (TPSA) is 87.0 Å². The van der Waals surface area contributed by atoms with Gasteiger partial charge >= 0.3 is 0 Å². The van der Waals surface area contributed by atoms with Gasteiger partial charge in [0.1, 0.15) is 5.69 Å². The molecule has 1 aliphatic heterocycles. The van der Waals surface area contributed by atoms with Crippen molar-refractivity contribution in [2.75, 3.05) is 30.3 Å². The van der Waals surface area contributed by atoms with Gasteiger partial charge in [-0.1, -0.05) is 0 Å². The van der Waals surface area contributed by atoms with Crippen LogP contribution in [0.3, 0.4) is 0 Å². The van der Waals surface area contributed by atoms with Crippen LogP contribution in [0.4, 0.5) is 11.5 Å². The Balaban J connectivity index is 1.56. The van der Waals surface area contributed by atoms with E-state index in [1.165, 1.54) is 19.2 Å². The van der Waals surface area contributed by atoms with E-state index in [2.05, 4.69) is 20.2 Å². The highest BCUT2D eigenvalue weighted by atomic mass is 16.1. The summed E-state index contributed by atoms with van der Waals surface area (Å²) in [5.41, 5.74) is 5.77. The van der Waals surface area contributed by atoms with Crippen molar-refractivity contribution < 1.29 is 0 Å². The number of aromatic nitrogens is 2. The lowest BCUT2D eigenvalue weighted by Crippen LogP contribution is -2.44. The number of H-pyrrole nitrogens is 1.